The Morgan fingerprint density at radius 1 is 1.44 bits per heavy atom. The Morgan fingerprint density at radius 3 is 2.72 bits per heavy atom. The van der Waals surface area contributed by atoms with Crippen molar-refractivity contribution in [3.63, 3.8) is 0 Å². The van der Waals surface area contributed by atoms with Crippen molar-refractivity contribution in [3.05, 3.63) is 12.4 Å². The van der Waals surface area contributed by atoms with Crippen molar-refractivity contribution in [1.82, 2.24) is 25.6 Å². The number of hydrogen-bond acceptors (Lipinski definition) is 4. The van der Waals surface area contributed by atoms with Crippen LogP contribution in [0.5, 0.6) is 0 Å². The van der Waals surface area contributed by atoms with Crippen molar-refractivity contribution in [2.75, 3.05) is 6.54 Å². The van der Waals surface area contributed by atoms with Gasteiger partial charge in [-0.3, -0.25) is 4.68 Å². The van der Waals surface area contributed by atoms with Crippen molar-refractivity contribution >= 4 is 12.0 Å². The quantitative estimate of drug-likeness (QED) is 0.611. The lowest BCUT2D eigenvalue weighted by molar-refractivity contribution is -0.142. The molecule has 0 atom stereocenters. The van der Waals surface area contributed by atoms with Crippen LogP contribution in [-0.2, 0) is 11.3 Å². The number of rotatable bonds is 6. The van der Waals surface area contributed by atoms with Gasteiger partial charge in [0, 0.05) is 19.3 Å². The minimum Gasteiger partial charge on any atom is -0.480 e. The molecule has 1 rings (SSSR count). The number of carboxylic acids is 1. The summed E-state index contributed by atoms with van der Waals surface area (Å²) in [6, 6.07) is -0.499. The number of urea groups is 1. The van der Waals surface area contributed by atoms with Crippen molar-refractivity contribution < 1.29 is 14.7 Å². The van der Waals surface area contributed by atoms with E-state index in [4.69, 9.17) is 5.11 Å². The predicted molar refractivity (Wildman–Crippen MR) is 62.9 cm³/mol. The Hall–Kier alpha value is -2.12. The molecule has 0 aliphatic carbocycles. The fraction of sp³-hybridized carbons (Fsp3) is 0.600. The molecule has 1 aromatic heterocycles. The number of carbonyl (C=O) groups is 2. The molecule has 0 bridgehead atoms. The standard InChI is InChI=1S/C10H17N5O3/c1-10(2,8(16)17)13-9(18)11-4-3-6-15-7-5-12-14-15/h5,7H,3-4,6H2,1-2H3,(H,16,17)(H2,11,13,18). The monoisotopic (exact) mass is 255 g/mol. The molecule has 100 valence electrons. The lowest BCUT2D eigenvalue weighted by Gasteiger charge is -2.21. The number of carbonyl (C=O) groups excluding carboxylic acids is 1. The van der Waals surface area contributed by atoms with Gasteiger partial charge in [0.1, 0.15) is 5.54 Å². The second-order valence-electron chi connectivity index (χ2n) is 4.33. The molecule has 2 amide bonds. The zero-order valence-corrected chi connectivity index (χ0v) is 10.4. The molecule has 3 N–H and O–H groups in total. The Labute approximate surface area is 104 Å². The van der Waals surface area contributed by atoms with Crippen LogP contribution in [0, 0.1) is 0 Å². The maximum atomic E-state index is 11.4. The molecule has 1 heterocycles. The van der Waals surface area contributed by atoms with Crippen molar-refractivity contribution in [3.8, 4) is 0 Å². The number of aryl methyl sites for hydroxylation is 1. The maximum absolute atomic E-state index is 11.4. The summed E-state index contributed by atoms with van der Waals surface area (Å²) in [5.74, 6) is -1.08. The molecule has 8 nitrogen and oxygen atoms in total. The number of aliphatic carboxylic acids is 1. The normalized spacial score (nSPS) is 11.0. The third-order valence-electron chi connectivity index (χ3n) is 2.28. The van der Waals surface area contributed by atoms with E-state index in [2.05, 4.69) is 20.9 Å². The SMILES string of the molecule is CC(C)(NC(=O)NCCCn1ccnn1)C(=O)O. The Morgan fingerprint density at radius 2 is 2.17 bits per heavy atom. The molecule has 8 heteroatoms. The van der Waals surface area contributed by atoms with Gasteiger partial charge in [-0.15, -0.1) is 5.10 Å². The van der Waals surface area contributed by atoms with E-state index in [1.54, 1.807) is 17.1 Å². The number of aromatic nitrogens is 3. The lowest BCUT2D eigenvalue weighted by Crippen LogP contribution is -2.53. The van der Waals surface area contributed by atoms with E-state index in [9.17, 15) is 9.59 Å². The second kappa shape index (κ2) is 5.99. The predicted octanol–water partition coefficient (Wildman–Crippen LogP) is -0.169. The summed E-state index contributed by atoms with van der Waals surface area (Å²) in [7, 11) is 0. The molecule has 0 aliphatic rings. The van der Waals surface area contributed by atoms with E-state index in [0.29, 0.717) is 19.5 Å². The van der Waals surface area contributed by atoms with Gasteiger partial charge in [0.05, 0.1) is 6.20 Å². The summed E-state index contributed by atoms with van der Waals surface area (Å²) in [5.41, 5.74) is -1.28. The van der Waals surface area contributed by atoms with E-state index >= 15 is 0 Å². The van der Waals surface area contributed by atoms with E-state index < -0.39 is 17.5 Å². The highest BCUT2D eigenvalue weighted by molar-refractivity contribution is 5.85. The van der Waals surface area contributed by atoms with Gasteiger partial charge >= 0.3 is 12.0 Å². The summed E-state index contributed by atoms with van der Waals surface area (Å²) in [5, 5.41) is 21.2. The van der Waals surface area contributed by atoms with Crippen LogP contribution >= 0.6 is 0 Å². The molecule has 0 unspecified atom stereocenters. The minimum atomic E-state index is -1.28. The van der Waals surface area contributed by atoms with Crippen LogP contribution in [0.3, 0.4) is 0 Å². The first kappa shape index (κ1) is 13.9. The first-order valence-electron chi connectivity index (χ1n) is 5.55. The molecule has 18 heavy (non-hydrogen) atoms. The van der Waals surface area contributed by atoms with Crippen molar-refractivity contribution in [1.29, 1.82) is 0 Å². The fourth-order valence-corrected chi connectivity index (χ4v) is 1.18. The van der Waals surface area contributed by atoms with E-state index in [-0.39, 0.29) is 0 Å². The summed E-state index contributed by atoms with van der Waals surface area (Å²) in [6.45, 7) is 3.92. The smallest absolute Gasteiger partial charge is 0.328 e. The summed E-state index contributed by atoms with van der Waals surface area (Å²) in [6.07, 6.45) is 3.99. The molecule has 0 saturated carbocycles. The van der Waals surface area contributed by atoms with Crippen LogP contribution in [0.15, 0.2) is 12.4 Å². The highest BCUT2D eigenvalue weighted by atomic mass is 16.4. The average Bonchev–Trinajstić information content (AvgIpc) is 2.76. The Bertz CT molecular complexity index is 402. The van der Waals surface area contributed by atoms with E-state index in [1.807, 2.05) is 0 Å². The molecule has 1 aromatic rings. The maximum Gasteiger partial charge on any atom is 0.328 e. The van der Waals surface area contributed by atoms with Crippen LogP contribution in [0.25, 0.3) is 0 Å². The number of carboxylic acid groups (broad SMARTS) is 1. The fourth-order valence-electron chi connectivity index (χ4n) is 1.18. The molecule has 0 aromatic carbocycles. The number of nitrogens with one attached hydrogen (secondary N) is 2. The molecule has 0 fully saturated rings. The average molecular weight is 255 g/mol. The van der Waals surface area contributed by atoms with Crippen LogP contribution < -0.4 is 10.6 Å². The van der Waals surface area contributed by atoms with Gasteiger partial charge < -0.3 is 15.7 Å². The zero-order chi connectivity index (χ0) is 13.6. The van der Waals surface area contributed by atoms with Gasteiger partial charge in [0.25, 0.3) is 0 Å². The van der Waals surface area contributed by atoms with Crippen LogP contribution in [0.1, 0.15) is 20.3 Å². The summed E-state index contributed by atoms with van der Waals surface area (Å²) in [4.78, 5) is 22.2. The van der Waals surface area contributed by atoms with E-state index in [0.717, 1.165) is 0 Å². The number of amides is 2. The first-order valence-corrected chi connectivity index (χ1v) is 5.55. The van der Waals surface area contributed by atoms with Gasteiger partial charge in [-0.25, -0.2) is 9.59 Å². The van der Waals surface area contributed by atoms with E-state index in [1.165, 1.54) is 13.8 Å². The van der Waals surface area contributed by atoms with Gasteiger partial charge in [-0.1, -0.05) is 5.21 Å². The molecule has 0 aliphatic heterocycles. The molecule has 0 spiro atoms. The van der Waals surface area contributed by atoms with Gasteiger partial charge in [0.2, 0.25) is 0 Å². The largest absolute Gasteiger partial charge is 0.480 e. The van der Waals surface area contributed by atoms with Crippen LogP contribution in [0.2, 0.25) is 0 Å². The third kappa shape index (κ3) is 4.40. The van der Waals surface area contributed by atoms with Crippen molar-refractivity contribution in [2.45, 2.75) is 32.4 Å². The zero-order valence-electron chi connectivity index (χ0n) is 10.4. The van der Waals surface area contributed by atoms with Crippen molar-refractivity contribution in [2.24, 2.45) is 0 Å². The van der Waals surface area contributed by atoms with Crippen LogP contribution in [0.4, 0.5) is 4.79 Å². The van der Waals surface area contributed by atoms with Gasteiger partial charge in [0.15, 0.2) is 0 Å². The van der Waals surface area contributed by atoms with Gasteiger partial charge in [-0.05, 0) is 20.3 Å². The molecule has 0 radical (unpaired) electrons. The van der Waals surface area contributed by atoms with Crippen LogP contribution in [-0.4, -0.2) is 44.2 Å². The number of hydrogen-bond donors (Lipinski definition) is 3. The second-order valence-corrected chi connectivity index (χ2v) is 4.33. The molecular weight excluding hydrogens is 238 g/mol. The molecule has 0 saturated heterocycles. The summed E-state index contributed by atoms with van der Waals surface area (Å²) >= 11 is 0. The minimum absolute atomic E-state index is 0.432. The summed E-state index contributed by atoms with van der Waals surface area (Å²) < 4.78 is 1.65. The Balaban J connectivity index is 2.19. The highest BCUT2D eigenvalue weighted by Crippen LogP contribution is 2.00. The first-order chi connectivity index (χ1) is 8.42. The lowest BCUT2D eigenvalue weighted by atomic mass is 10.1. The third-order valence-corrected chi connectivity index (χ3v) is 2.28. The molecular formula is C10H17N5O3. The Kier molecular flexibility index (Phi) is 4.64. The highest BCUT2D eigenvalue weighted by Gasteiger charge is 2.28. The number of nitrogens with zero attached hydrogens (tertiary/aromatic N) is 3. The topological polar surface area (TPSA) is 109 Å². The van der Waals surface area contributed by atoms with Gasteiger partial charge in [-0.2, -0.15) is 0 Å².